The number of rotatable bonds is 14. The van der Waals surface area contributed by atoms with Crippen LogP contribution in [0.3, 0.4) is 0 Å². The molecule has 24 nitrogen and oxygen atoms in total. The number of aliphatic carboxylic acids is 3. The third kappa shape index (κ3) is 33.6. The van der Waals surface area contributed by atoms with E-state index in [4.69, 9.17) is 50.6 Å². The number of carboxylic acids is 3. The number of aliphatic hydroxyl groups is 3. The number of thioether (sulfide) groups is 1. The molecule has 113 heavy (non-hydrogen) atoms. The van der Waals surface area contributed by atoms with Gasteiger partial charge in [0.2, 0.25) is 5.91 Å². The maximum absolute atomic E-state index is 13.0. The minimum absolute atomic E-state index is 0. The number of benzene rings is 5. The number of halogens is 14. The molecule has 0 aromatic heterocycles. The van der Waals surface area contributed by atoms with Gasteiger partial charge in [0, 0.05) is 61.9 Å². The van der Waals surface area contributed by atoms with Gasteiger partial charge in [-0.3, -0.25) is 24.0 Å². The fourth-order valence-corrected chi connectivity index (χ4v) is 11.0. The second kappa shape index (κ2) is 46.4. The molecule has 4 aliphatic rings. The number of cyclic esters (lactones) is 1. The van der Waals surface area contributed by atoms with Gasteiger partial charge in [0.05, 0.1) is 41.7 Å². The lowest BCUT2D eigenvalue weighted by atomic mass is 10.0. The number of amides is 4. The predicted molar refractivity (Wildman–Crippen MR) is 415 cm³/mol. The van der Waals surface area contributed by atoms with Crippen LogP contribution in [0.2, 0.25) is 0 Å². The Balaban J connectivity index is 0.00000131. The monoisotopic (exact) mass is 1840 g/mol. The van der Waals surface area contributed by atoms with Gasteiger partial charge in [0.15, 0.2) is 28.3 Å². The Morgan fingerprint density at radius 3 is 1.45 bits per heavy atom. The van der Waals surface area contributed by atoms with Gasteiger partial charge < -0.3 is 66.9 Å². The molecule has 5 aromatic carbocycles. The third-order valence-electron chi connectivity index (χ3n) is 15.3. The summed E-state index contributed by atoms with van der Waals surface area (Å²) in [5, 5.41) is 61.6. The Kier molecular flexibility index (Phi) is 42.8. The van der Waals surface area contributed by atoms with E-state index in [1.54, 1.807) is 30.9 Å². The van der Waals surface area contributed by atoms with Crippen LogP contribution in [-0.4, -0.2) is 170 Å². The predicted octanol–water partition coefficient (Wildman–Crippen LogP) is 15.8. The van der Waals surface area contributed by atoms with E-state index in [2.05, 4.69) is 97.5 Å². The molecule has 5 aromatic rings. The number of likely N-dealkylation sites (tertiary alicyclic amines) is 1. The Morgan fingerprint density at radius 2 is 1.09 bits per heavy atom. The van der Waals surface area contributed by atoms with Crippen molar-refractivity contribution < 1.29 is 122 Å². The molecule has 9 rings (SSSR count). The number of hydrogen-bond acceptors (Lipinski definition) is 16. The van der Waals surface area contributed by atoms with Crippen LogP contribution < -0.4 is 21.7 Å². The van der Waals surface area contributed by atoms with Gasteiger partial charge in [0.1, 0.15) is 41.0 Å². The summed E-state index contributed by atoms with van der Waals surface area (Å²) in [6.07, 6.45) is -9.24. The minimum atomic E-state index is -4.75. The zero-order valence-electron chi connectivity index (χ0n) is 59.3. The van der Waals surface area contributed by atoms with Crippen LogP contribution in [-0.2, 0) is 61.6 Å². The molecule has 0 aliphatic carbocycles. The van der Waals surface area contributed by atoms with E-state index in [0.717, 1.165) is 85.6 Å². The standard InChI is InChI=1S/C18H14F4N2O2S.C12H10BrF3N2O2.C9H12BrNO3.C9H13NO3.C8H5F3N2.C6H5FS.C5H9NO2.C4H7BrO3.2CH4/c1-17(26,10-27-13-6-3-11(19)4-7-13)16(25)24-12-5-8-15(23-2)14(9-12)18(20,21)22;1-11(20,6-13)10(19)18-7-3-4-9(17-2)8(5-7)12(14,15)16;1-9(5-10)8(13)11-4-2-3-6(11)7(12)14-9;1-6(2)8(11)10-5-3-4-7(10)9(12)13;1-13-7-3-2-5(12)4-6(7)8(9,10)11;7-5-1-3-6(8)4-2-5;7-5(8)4-2-1-3-6-4;1-4(8,2-5)3(6)7;;/h3-9,26H,10H2,1H3,(H,24,25);3-5,20H,6H2,1H3,(H,18,19);6H,2-5H2,1H3;7H,1,3-5H2,2H3,(H,12,13);2-4H,12H2;1-4,8H;4,6H,1-3H2,(H,7,8);8H,2H2,1H3,(H,6,7);2*1H4/t17-;11-;6-,9-;7-;;;2*4-;;/m0011..10../s1. The highest BCUT2D eigenvalue weighted by atomic mass is 79.9. The highest BCUT2D eigenvalue weighted by Crippen LogP contribution is 2.41. The molecule has 4 aliphatic heterocycles. The number of anilines is 3. The first kappa shape index (κ1) is 104. The van der Waals surface area contributed by atoms with Crippen molar-refractivity contribution in [3.8, 4) is 0 Å². The number of hydrogen-bond donors (Lipinski definition) is 11. The Morgan fingerprint density at radius 1 is 0.655 bits per heavy atom. The summed E-state index contributed by atoms with van der Waals surface area (Å²) in [6, 6.07) is 18.8. The molecule has 11 N–H and O–H groups in total. The highest BCUT2D eigenvalue weighted by molar-refractivity contribution is 9.09. The fourth-order valence-electron chi connectivity index (χ4n) is 9.05. The van der Waals surface area contributed by atoms with Gasteiger partial charge in [-0.2, -0.15) is 39.5 Å². The summed E-state index contributed by atoms with van der Waals surface area (Å²) in [7, 11) is 0. The maximum atomic E-state index is 13.0. The molecule has 0 spiro atoms. The van der Waals surface area contributed by atoms with E-state index in [0.29, 0.717) is 47.4 Å². The average Bonchev–Trinajstić information content (AvgIpc) is 1.68. The molecule has 620 valence electrons. The van der Waals surface area contributed by atoms with Crippen molar-refractivity contribution in [1.29, 1.82) is 0 Å². The number of nitrogens with zero attached hydrogens (tertiary/aromatic N) is 5. The average molecular weight is 1840 g/mol. The van der Waals surface area contributed by atoms with Crippen LogP contribution in [0, 0.1) is 31.4 Å². The van der Waals surface area contributed by atoms with E-state index >= 15 is 0 Å². The van der Waals surface area contributed by atoms with E-state index in [1.807, 2.05) is 0 Å². The van der Waals surface area contributed by atoms with Crippen LogP contribution in [0.25, 0.3) is 14.5 Å². The van der Waals surface area contributed by atoms with Gasteiger partial charge in [-0.15, -0.1) is 24.4 Å². The second-order valence-corrected chi connectivity index (χ2v) is 28.0. The summed E-state index contributed by atoms with van der Waals surface area (Å²) >= 11 is 14.0. The molecular formula is C73H83Br3F11N9O15S2. The van der Waals surface area contributed by atoms with E-state index in [1.165, 1.54) is 74.2 Å². The summed E-state index contributed by atoms with van der Waals surface area (Å²) in [4.78, 5) is 102. The van der Waals surface area contributed by atoms with E-state index < -0.39 is 116 Å². The Bertz CT molecular complexity index is 4200. The normalized spacial score (nSPS) is 18.0. The molecule has 4 fully saturated rings. The number of carboxylic acid groups (broad SMARTS) is 3. The molecule has 7 atom stereocenters. The number of alkyl halides is 12. The first-order chi connectivity index (χ1) is 51.3. The molecule has 0 radical (unpaired) electrons. The van der Waals surface area contributed by atoms with Gasteiger partial charge in [-0.05, 0) is 165 Å². The zero-order valence-corrected chi connectivity index (χ0v) is 65.7. The maximum Gasteiger partial charge on any atom is 0.407 e. The molecule has 4 amide bonds. The van der Waals surface area contributed by atoms with Crippen molar-refractivity contribution in [2.24, 2.45) is 0 Å². The Hall–Kier alpha value is -8.92. The summed E-state index contributed by atoms with van der Waals surface area (Å²) < 4.78 is 144. The number of carbonyl (C=O) groups is 8. The first-order valence-corrected chi connectivity index (χ1v) is 36.9. The molecular weight excluding hydrogens is 1760 g/mol. The molecule has 0 saturated carbocycles. The fraction of sp³-hybridized carbons (Fsp3) is 0.411. The van der Waals surface area contributed by atoms with Crippen molar-refractivity contribution in [2.45, 2.75) is 157 Å². The van der Waals surface area contributed by atoms with Crippen LogP contribution in [0.4, 0.5) is 82.4 Å². The van der Waals surface area contributed by atoms with Gasteiger partial charge in [-0.1, -0.05) is 87.4 Å². The largest absolute Gasteiger partial charge is 0.480 e. The quantitative estimate of drug-likeness (QED) is 0.00719. The number of carbonyl (C=O) groups excluding carboxylic acids is 5. The number of esters is 1. The van der Waals surface area contributed by atoms with Gasteiger partial charge in [0.25, 0.3) is 17.7 Å². The van der Waals surface area contributed by atoms with E-state index in [-0.39, 0.29) is 84.0 Å². The summed E-state index contributed by atoms with van der Waals surface area (Å²) in [6.45, 7) is 32.5. The topological polar surface area (TPSA) is 349 Å². The highest BCUT2D eigenvalue weighted by Gasteiger charge is 2.51. The number of nitrogens with two attached hydrogens (primary N) is 1. The number of morpholine rings is 1. The molecule has 40 heteroatoms. The van der Waals surface area contributed by atoms with Gasteiger partial charge >= 0.3 is 42.4 Å². The van der Waals surface area contributed by atoms with Gasteiger partial charge in [-0.25, -0.2) is 37.7 Å². The van der Waals surface area contributed by atoms with Crippen LogP contribution in [0.5, 0.6) is 0 Å². The summed E-state index contributed by atoms with van der Waals surface area (Å²) in [5.41, 5.74) is -5.89. The second-order valence-electron chi connectivity index (χ2n) is 24.8. The molecule has 0 unspecified atom stereocenters. The molecule has 4 heterocycles. The van der Waals surface area contributed by atoms with Crippen LogP contribution in [0.15, 0.2) is 125 Å². The van der Waals surface area contributed by atoms with Crippen molar-refractivity contribution in [1.82, 2.24) is 15.1 Å². The van der Waals surface area contributed by atoms with Crippen molar-refractivity contribution >= 4 is 154 Å². The Labute approximate surface area is 679 Å². The first-order valence-electron chi connectivity index (χ1n) is 32.1. The smallest absolute Gasteiger partial charge is 0.407 e. The number of nitrogen functional groups attached to an aromatic ring is 1. The molecule has 0 bridgehead atoms. The van der Waals surface area contributed by atoms with Crippen molar-refractivity contribution in [3.05, 3.63) is 178 Å². The summed E-state index contributed by atoms with van der Waals surface area (Å²) in [5.74, 6) is -5.93. The molecule has 4 saturated heterocycles. The number of fused-ring (bicyclic) bond motifs is 1. The van der Waals surface area contributed by atoms with Crippen LogP contribution in [0.1, 0.15) is 105 Å². The number of thiol groups is 1. The minimum Gasteiger partial charge on any atom is -0.480 e. The zero-order chi connectivity index (χ0) is 85.0. The third-order valence-corrected chi connectivity index (χ3v) is 20.1. The lowest BCUT2D eigenvalue weighted by Crippen LogP contribution is -2.60. The number of nitrogens with one attached hydrogen (secondary N) is 3. The van der Waals surface area contributed by atoms with E-state index in [9.17, 15) is 96.9 Å². The lowest BCUT2D eigenvalue weighted by Gasteiger charge is -2.39. The van der Waals surface area contributed by atoms with Crippen LogP contribution >= 0.6 is 72.2 Å². The number of ether oxygens (including phenoxy) is 1. The lowest BCUT2D eigenvalue weighted by molar-refractivity contribution is -0.185. The van der Waals surface area contributed by atoms with Crippen molar-refractivity contribution in [3.63, 3.8) is 0 Å². The SMILES string of the molecule is C.C.C=C(C)C(=O)N1CCC[C@@H]1C(=O)O.C[C@](O)(CBr)C(=O)O.C[C@]1(CBr)OC(=O)[C@H]2CCCN2C1=O.Fc1ccc(S)cc1.O=C(O)[C@H]1CCCN1.[C-]#[N+]c1ccc(N)cc1C(F)(F)F.[C-]#[N+]c1ccc(NC(=O)[C@@](C)(O)CBr)cc1C(F)(F)F.[C-]#[N+]c1ccc(NC(=O)[C@@](C)(O)CSc2ccc(F)cc2)cc1C(F)(F)F. The van der Waals surface area contributed by atoms with Crippen molar-refractivity contribution in [2.75, 3.05) is 57.7 Å².